The van der Waals surface area contributed by atoms with Crippen molar-refractivity contribution in [2.24, 2.45) is 0 Å². The van der Waals surface area contributed by atoms with Crippen molar-refractivity contribution >= 4 is 21.8 Å². The molecule has 25 heavy (non-hydrogen) atoms. The van der Waals surface area contributed by atoms with E-state index in [9.17, 15) is 4.79 Å². The molecule has 2 rings (SSSR count). The zero-order valence-corrected chi connectivity index (χ0v) is 17.2. The van der Waals surface area contributed by atoms with E-state index < -0.39 is 0 Å². The standard InChI is InChI=1S/C20H31BrN2O2/c1-20(2,3)23-19(24)14-25-18-11-10-16(21)12-15(18)13-22-17-8-6-4-5-7-9-17/h10-12,17,22H,4-9,13-14H2,1-3H3,(H,23,24). The number of carbonyl (C=O) groups is 1. The lowest BCUT2D eigenvalue weighted by molar-refractivity contribution is -0.124. The average Bonchev–Trinajstić information content (AvgIpc) is 2.79. The van der Waals surface area contributed by atoms with E-state index >= 15 is 0 Å². The number of rotatable bonds is 6. The van der Waals surface area contributed by atoms with Gasteiger partial charge in [-0.15, -0.1) is 0 Å². The van der Waals surface area contributed by atoms with Crippen LogP contribution in [0.1, 0.15) is 64.9 Å². The van der Waals surface area contributed by atoms with Crippen LogP contribution in [0.25, 0.3) is 0 Å². The minimum atomic E-state index is -0.246. The minimum Gasteiger partial charge on any atom is -0.483 e. The van der Waals surface area contributed by atoms with Crippen molar-refractivity contribution in [3.8, 4) is 5.75 Å². The lowest BCUT2D eigenvalue weighted by Gasteiger charge is -2.21. The molecule has 4 nitrogen and oxygen atoms in total. The number of halogens is 1. The van der Waals surface area contributed by atoms with Crippen molar-refractivity contribution in [2.75, 3.05) is 6.61 Å². The molecular formula is C20H31BrN2O2. The van der Waals surface area contributed by atoms with Gasteiger partial charge in [-0.3, -0.25) is 4.79 Å². The molecule has 1 fully saturated rings. The molecule has 5 heteroatoms. The maximum atomic E-state index is 12.0. The Labute approximate surface area is 160 Å². The number of hydrogen-bond acceptors (Lipinski definition) is 3. The highest BCUT2D eigenvalue weighted by Crippen LogP contribution is 2.24. The maximum absolute atomic E-state index is 12.0. The van der Waals surface area contributed by atoms with E-state index in [0.29, 0.717) is 6.04 Å². The third-order valence-electron chi connectivity index (χ3n) is 4.33. The Balaban J connectivity index is 1.93. The molecular weight excluding hydrogens is 380 g/mol. The highest BCUT2D eigenvalue weighted by atomic mass is 79.9. The molecule has 0 aromatic heterocycles. The fourth-order valence-electron chi connectivity index (χ4n) is 3.16. The van der Waals surface area contributed by atoms with E-state index in [2.05, 4.69) is 32.6 Å². The maximum Gasteiger partial charge on any atom is 0.258 e. The number of ether oxygens (including phenoxy) is 1. The Morgan fingerprint density at radius 1 is 1.20 bits per heavy atom. The summed E-state index contributed by atoms with van der Waals surface area (Å²) < 4.78 is 6.82. The summed E-state index contributed by atoms with van der Waals surface area (Å²) in [6.45, 7) is 6.70. The SMILES string of the molecule is CC(C)(C)NC(=O)COc1ccc(Br)cc1CNC1CCCCCC1. The number of carbonyl (C=O) groups excluding carboxylic acids is 1. The number of amides is 1. The van der Waals surface area contributed by atoms with Gasteiger partial charge >= 0.3 is 0 Å². The van der Waals surface area contributed by atoms with Gasteiger partial charge in [0.1, 0.15) is 5.75 Å². The lowest BCUT2D eigenvalue weighted by atomic mass is 10.1. The molecule has 0 radical (unpaired) electrons. The Morgan fingerprint density at radius 2 is 1.88 bits per heavy atom. The van der Waals surface area contributed by atoms with E-state index in [1.165, 1.54) is 38.5 Å². The predicted octanol–water partition coefficient (Wildman–Crippen LogP) is 4.56. The first kappa shape index (κ1) is 20.2. The fourth-order valence-corrected chi connectivity index (χ4v) is 3.57. The molecule has 2 N–H and O–H groups in total. The second-order valence-electron chi connectivity index (χ2n) is 7.91. The van der Waals surface area contributed by atoms with Crippen molar-refractivity contribution in [1.82, 2.24) is 10.6 Å². The summed E-state index contributed by atoms with van der Waals surface area (Å²) in [7, 11) is 0. The van der Waals surface area contributed by atoms with Gasteiger partial charge in [-0.2, -0.15) is 0 Å². The molecule has 0 spiro atoms. The lowest BCUT2D eigenvalue weighted by Crippen LogP contribution is -2.43. The van der Waals surface area contributed by atoms with Crippen molar-refractivity contribution in [2.45, 2.75) is 77.4 Å². The molecule has 1 aromatic carbocycles. The quantitative estimate of drug-likeness (QED) is 0.675. The molecule has 140 valence electrons. The van der Waals surface area contributed by atoms with Gasteiger partial charge in [-0.25, -0.2) is 0 Å². The van der Waals surface area contributed by atoms with E-state index in [-0.39, 0.29) is 18.1 Å². The summed E-state index contributed by atoms with van der Waals surface area (Å²) in [5, 5.41) is 6.59. The van der Waals surface area contributed by atoms with Gasteiger partial charge in [-0.1, -0.05) is 41.6 Å². The molecule has 1 aliphatic rings. The Kier molecular flexibility index (Phi) is 7.76. The fraction of sp³-hybridized carbons (Fsp3) is 0.650. The molecule has 0 heterocycles. The number of nitrogens with one attached hydrogen (secondary N) is 2. The first-order valence-electron chi connectivity index (χ1n) is 9.29. The minimum absolute atomic E-state index is 0.0370. The molecule has 0 atom stereocenters. The second kappa shape index (κ2) is 9.58. The van der Waals surface area contributed by atoms with Gasteiger partial charge in [0.05, 0.1) is 0 Å². The van der Waals surface area contributed by atoms with E-state index in [0.717, 1.165) is 22.3 Å². The zero-order valence-electron chi connectivity index (χ0n) is 15.7. The highest BCUT2D eigenvalue weighted by molar-refractivity contribution is 9.10. The van der Waals surface area contributed by atoms with Crippen LogP contribution < -0.4 is 15.4 Å². The molecule has 0 unspecified atom stereocenters. The summed E-state index contributed by atoms with van der Waals surface area (Å²) >= 11 is 3.53. The van der Waals surface area contributed by atoms with E-state index in [4.69, 9.17) is 4.74 Å². The van der Waals surface area contributed by atoms with Crippen molar-refractivity contribution in [1.29, 1.82) is 0 Å². The molecule has 1 saturated carbocycles. The third-order valence-corrected chi connectivity index (χ3v) is 4.83. The number of benzene rings is 1. The van der Waals surface area contributed by atoms with Gasteiger partial charge in [0.25, 0.3) is 5.91 Å². The van der Waals surface area contributed by atoms with Gasteiger partial charge in [0, 0.05) is 28.2 Å². The molecule has 1 aromatic rings. The summed E-state index contributed by atoms with van der Waals surface area (Å²) in [5.74, 6) is 0.673. The van der Waals surface area contributed by atoms with E-state index in [1.54, 1.807) is 0 Å². The number of hydrogen-bond donors (Lipinski definition) is 2. The van der Waals surface area contributed by atoms with Crippen LogP contribution in [0, 0.1) is 0 Å². The molecule has 0 bridgehead atoms. The van der Waals surface area contributed by atoms with Crippen LogP contribution >= 0.6 is 15.9 Å². The Hall–Kier alpha value is -1.07. The largest absolute Gasteiger partial charge is 0.483 e. The van der Waals surface area contributed by atoms with Crippen LogP contribution in [0.15, 0.2) is 22.7 Å². The average molecular weight is 411 g/mol. The van der Waals surface area contributed by atoms with Crippen molar-refractivity contribution in [3.63, 3.8) is 0 Å². The van der Waals surface area contributed by atoms with Gasteiger partial charge in [0.2, 0.25) is 0 Å². The Bertz CT molecular complexity index is 561. The van der Waals surface area contributed by atoms with Gasteiger partial charge < -0.3 is 15.4 Å². The first-order valence-corrected chi connectivity index (χ1v) is 10.1. The van der Waals surface area contributed by atoms with E-state index in [1.807, 2.05) is 32.9 Å². The first-order chi connectivity index (χ1) is 11.8. The normalized spacial score (nSPS) is 16.3. The summed E-state index contributed by atoms with van der Waals surface area (Å²) in [5.41, 5.74) is 0.839. The molecule has 0 saturated heterocycles. The van der Waals surface area contributed by atoms with Crippen LogP contribution in [0.2, 0.25) is 0 Å². The summed E-state index contributed by atoms with van der Waals surface area (Å²) in [6, 6.07) is 6.53. The van der Waals surface area contributed by atoms with Crippen LogP contribution in [0.4, 0.5) is 0 Å². The smallest absolute Gasteiger partial charge is 0.258 e. The van der Waals surface area contributed by atoms with Gasteiger partial charge in [-0.05, 0) is 51.8 Å². The second-order valence-corrected chi connectivity index (χ2v) is 8.82. The Morgan fingerprint density at radius 3 is 2.52 bits per heavy atom. The highest BCUT2D eigenvalue weighted by Gasteiger charge is 2.16. The summed E-state index contributed by atoms with van der Waals surface area (Å²) in [4.78, 5) is 12.0. The van der Waals surface area contributed by atoms with Crippen LogP contribution in [0.5, 0.6) is 5.75 Å². The third kappa shape index (κ3) is 7.78. The topological polar surface area (TPSA) is 50.4 Å². The van der Waals surface area contributed by atoms with Crippen LogP contribution in [0.3, 0.4) is 0 Å². The molecule has 1 aliphatic carbocycles. The zero-order chi connectivity index (χ0) is 18.3. The predicted molar refractivity (Wildman–Crippen MR) is 106 cm³/mol. The molecule has 1 amide bonds. The molecule has 0 aliphatic heterocycles. The van der Waals surface area contributed by atoms with Crippen molar-refractivity contribution in [3.05, 3.63) is 28.2 Å². The van der Waals surface area contributed by atoms with Crippen LogP contribution in [-0.2, 0) is 11.3 Å². The van der Waals surface area contributed by atoms with Crippen LogP contribution in [-0.4, -0.2) is 24.1 Å². The monoisotopic (exact) mass is 410 g/mol. The van der Waals surface area contributed by atoms with Gasteiger partial charge in [0.15, 0.2) is 6.61 Å². The summed E-state index contributed by atoms with van der Waals surface area (Å²) in [6.07, 6.45) is 7.83. The van der Waals surface area contributed by atoms with Crippen molar-refractivity contribution < 1.29 is 9.53 Å².